The summed E-state index contributed by atoms with van der Waals surface area (Å²) in [5.74, 6) is 1.65. The lowest BCUT2D eigenvalue weighted by molar-refractivity contribution is 0.383. The number of aryl methyl sites for hydroxylation is 1. The third-order valence-electron chi connectivity index (χ3n) is 2.78. The normalized spacial score (nSPS) is 10.7. The third kappa shape index (κ3) is 2.65. The summed E-state index contributed by atoms with van der Waals surface area (Å²) in [5, 5.41) is 7.79. The first-order chi connectivity index (χ1) is 9.72. The molecule has 0 aliphatic heterocycles. The number of aromatic nitrogens is 4. The second-order valence-electron chi connectivity index (χ2n) is 4.23. The number of benzene rings is 1. The van der Waals surface area contributed by atoms with Crippen molar-refractivity contribution >= 4 is 17.3 Å². The maximum Gasteiger partial charge on any atom is 0.246 e. The lowest BCUT2D eigenvalue weighted by atomic mass is 10.3. The van der Waals surface area contributed by atoms with Gasteiger partial charge in [-0.2, -0.15) is 4.98 Å². The van der Waals surface area contributed by atoms with Crippen molar-refractivity contribution in [1.82, 2.24) is 19.7 Å². The second-order valence-corrected chi connectivity index (χ2v) is 4.67. The van der Waals surface area contributed by atoms with Crippen molar-refractivity contribution in [1.29, 1.82) is 0 Å². The van der Waals surface area contributed by atoms with Crippen LogP contribution in [0.3, 0.4) is 0 Å². The van der Waals surface area contributed by atoms with Crippen molar-refractivity contribution in [3.63, 3.8) is 0 Å². The van der Waals surface area contributed by atoms with Gasteiger partial charge < -0.3 is 14.4 Å². The highest BCUT2D eigenvalue weighted by atomic mass is 35.5. The summed E-state index contributed by atoms with van der Waals surface area (Å²) in [6.45, 7) is 0.444. The summed E-state index contributed by atoms with van der Waals surface area (Å²) in [6, 6.07) is 7.41. The van der Waals surface area contributed by atoms with Crippen LogP contribution in [0.4, 0.5) is 5.69 Å². The molecule has 1 N–H and O–H groups in total. The van der Waals surface area contributed by atoms with E-state index < -0.39 is 0 Å². The molecule has 102 valence electrons. The highest BCUT2D eigenvalue weighted by Crippen LogP contribution is 2.15. The van der Waals surface area contributed by atoms with Crippen molar-refractivity contribution < 1.29 is 4.52 Å². The molecule has 20 heavy (non-hydrogen) atoms. The Kier molecular flexibility index (Phi) is 3.39. The first kappa shape index (κ1) is 12.7. The van der Waals surface area contributed by atoms with Gasteiger partial charge >= 0.3 is 0 Å². The second kappa shape index (κ2) is 5.34. The minimum Gasteiger partial charge on any atom is -0.376 e. The molecule has 0 bridgehead atoms. The molecule has 0 aliphatic carbocycles. The van der Waals surface area contributed by atoms with E-state index in [-0.39, 0.29) is 0 Å². The van der Waals surface area contributed by atoms with Crippen LogP contribution in [0.5, 0.6) is 0 Å². The van der Waals surface area contributed by atoms with Crippen molar-refractivity contribution in [2.45, 2.75) is 6.54 Å². The van der Waals surface area contributed by atoms with E-state index in [1.165, 1.54) is 0 Å². The van der Waals surface area contributed by atoms with Gasteiger partial charge in [0.05, 0.1) is 6.54 Å². The van der Waals surface area contributed by atoms with Gasteiger partial charge in [0, 0.05) is 30.2 Å². The molecule has 2 heterocycles. The van der Waals surface area contributed by atoms with Crippen LogP contribution < -0.4 is 5.32 Å². The fourth-order valence-corrected chi connectivity index (χ4v) is 1.87. The maximum absolute atomic E-state index is 5.83. The first-order valence-corrected chi connectivity index (χ1v) is 6.40. The van der Waals surface area contributed by atoms with Crippen LogP contribution in [0.15, 0.2) is 41.2 Å². The van der Waals surface area contributed by atoms with E-state index in [1.54, 1.807) is 6.20 Å². The maximum atomic E-state index is 5.83. The Labute approximate surface area is 120 Å². The topological polar surface area (TPSA) is 68.8 Å². The number of anilines is 1. The van der Waals surface area contributed by atoms with Gasteiger partial charge in [0.15, 0.2) is 5.82 Å². The quantitative estimate of drug-likeness (QED) is 0.800. The smallest absolute Gasteiger partial charge is 0.246 e. The monoisotopic (exact) mass is 289 g/mol. The zero-order chi connectivity index (χ0) is 13.9. The van der Waals surface area contributed by atoms with Crippen LogP contribution in [-0.4, -0.2) is 19.7 Å². The highest BCUT2D eigenvalue weighted by Gasteiger charge is 2.11. The molecular formula is C13H12ClN5O. The summed E-state index contributed by atoms with van der Waals surface area (Å²) in [5.41, 5.74) is 0.936. The van der Waals surface area contributed by atoms with Gasteiger partial charge in [-0.15, -0.1) is 0 Å². The summed E-state index contributed by atoms with van der Waals surface area (Å²) in [4.78, 5) is 8.47. The van der Waals surface area contributed by atoms with Crippen molar-refractivity contribution in [3.05, 3.63) is 47.6 Å². The molecular weight excluding hydrogens is 278 g/mol. The van der Waals surface area contributed by atoms with Crippen molar-refractivity contribution in [3.8, 4) is 11.6 Å². The van der Waals surface area contributed by atoms with Gasteiger partial charge in [-0.3, -0.25) is 0 Å². The van der Waals surface area contributed by atoms with Crippen molar-refractivity contribution in [2.24, 2.45) is 7.05 Å². The van der Waals surface area contributed by atoms with Crippen LogP contribution in [0, 0.1) is 0 Å². The van der Waals surface area contributed by atoms with Gasteiger partial charge in [-0.1, -0.05) is 16.8 Å². The zero-order valence-electron chi connectivity index (χ0n) is 10.7. The zero-order valence-corrected chi connectivity index (χ0v) is 11.5. The summed E-state index contributed by atoms with van der Waals surface area (Å²) < 4.78 is 7.02. The molecule has 0 aliphatic rings. The number of nitrogens with zero attached hydrogens (tertiary/aromatic N) is 4. The van der Waals surface area contributed by atoms with E-state index in [4.69, 9.17) is 16.1 Å². The van der Waals surface area contributed by atoms with Crippen LogP contribution in [0.1, 0.15) is 5.89 Å². The van der Waals surface area contributed by atoms with E-state index in [1.807, 2.05) is 42.1 Å². The average molecular weight is 290 g/mol. The molecule has 0 spiro atoms. The Morgan fingerprint density at radius 3 is 2.80 bits per heavy atom. The van der Waals surface area contributed by atoms with Gasteiger partial charge in [0.2, 0.25) is 11.7 Å². The Morgan fingerprint density at radius 2 is 2.10 bits per heavy atom. The Morgan fingerprint density at radius 1 is 1.30 bits per heavy atom. The molecule has 0 unspecified atom stereocenters. The van der Waals surface area contributed by atoms with Gasteiger partial charge in [-0.25, -0.2) is 4.98 Å². The van der Waals surface area contributed by atoms with Crippen LogP contribution in [0.2, 0.25) is 5.02 Å². The molecule has 6 nitrogen and oxygen atoms in total. The Balaban J connectivity index is 1.69. The molecule has 3 rings (SSSR count). The number of imidazole rings is 1. The lowest BCUT2D eigenvalue weighted by Gasteiger charge is -2.02. The molecule has 0 amide bonds. The lowest BCUT2D eigenvalue weighted by Crippen LogP contribution is -1.99. The largest absolute Gasteiger partial charge is 0.376 e. The molecule has 7 heteroatoms. The molecule has 3 aromatic rings. The number of rotatable bonds is 4. The number of nitrogens with one attached hydrogen (secondary N) is 1. The SMILES string of the molecule is Cn1ccnc1-c1noc(CNc2ccc(Cl)cc2)n1. The summed E-state index contributed by atoms with van der Waals surface area (Å²) >= 11 is 5.83. The van der Waals surface area contributed by atoms with Gasteiger partial charge in [0.25, 0.3) is 0 Å². The van der Waals surface area contributed by atoms with Crippen molar-refractivity contribution in [2.75, 3.05) is 5.32 Å². The van der Waals surface area contributed by atoms with Gasteiger partial charge in [-0.05, 0) is 24.3 Å². The molecule has 1 aromatic carbocycles. The third-order valence-corrected chi connectivity index (χ3v) is 3.03. The highest BCUT2D eigenvalue weighted by molar-refractivity contribution is 6.30. The first-order valence-electron chi connectivity index (χ1n) is 6.02. The van der Waals surface area contributed by atoms with E-state index in [9.17, 15) is 0 Å². The van der Waals surface area contributed by atoms with E-state index in [0.29, 0.717) is 29.1 Å². The average Bonchev–Trinajstić information content (AvgIpc) is 3.06. The van der Waals surface area contributed by atoms with Crippen LogP contribution >= 0.6 is 11.6 Å². The van der Waals surface area contributed by atoms with Gasteiger partial charge in [0.1, 0.15) is 0 Å². The predicted octanol–water partition coefficient (Wildman–Crippen LogP) is 2.74. The predicted molar refractivity (Wildman–Crippen MR) is 75.3 cm³/mol. The van der Waals surface area contributed by atoms with E-state index >= 15 is 0 Å². The molecule has 0 saturated carbocycles. The van der Waals surface area contributed by atoms with Crippen LogP contribution in [0.25, 0.3) is 11.6 Å². The summed E-state index contributed by atoms with van der Waals surface area (Å²) in [7, 11) is 1.88. The number of hydrogen-bond acceptors (Lipinski definition) is 5. The Bertz CT molecular complexity index is 704. The fraction of sp³-hybridized carbons (Fsp3) is 0.154. The molecule has 0 fully saturated rings. The fourth-order valence-electron chi connectivity index (χ4n) is 1.74. The minimum atomic E-state index is 0.444. The molecule has 0 radical (unpaired) electrons. The van der Waals surface area contributed by atoms with Crippen LogP contribution in [-0.2, 0) is 13.6 Å². The Hall–Kier alpha value is -2.34. The molecule has 0 saturated heterocycles. The molecule has 2 aromatic heterocycles. The minimum absolute atomic E-state index is 0.444. The molecule has 0 atom stereocenters. The number of halogens is 1. The summed E-state index contributed by atoms with van der Waals surface area (Å²) in [6.07, 6.45) is 3.52. The number of hydrogen-bond donors (Lipinski definition) is 1. The standard InChI is InChI=1S/C13H12ClN5O/c1-19-7-6-15-13(19)12-17-11(20-18-12)8-16-10-4-2-9(14)3-5-10/h2-7,16H,8H2,1H3. The van der Waals surface area contributed by atoms with E-state index in [2.05, 4.69) is 20.4 Å². The van der Waals surface area contributed by atoms with E-state index in [0.717, 1.165) is 5.69 Å².